The molecule has 2 unspecified atom stereocenters. The maximum Gasteiger partial charge on any atom is 0.246 e. The van der Waals surface area contributed by atoms with E-state index in [9.17, 15) is 4.79 Å². The molecule has 0 aromatic heterocycles. The van der Waals surface area contributed by atoms with E-state index in [2.05, 4.69) is 5.48 Å². The fraction of sp³-hybridized carbons (Fsp3) is 0.500. The van der Waals surface area contributed by atoms with E-state index in [1.807, 2.05) is 30.3 Å². The summed E-state index contributed by atoms with van der Waals surface area (Å²) in [5.74, 6) is 0.301. The van der Waals surface area contributed by atoms with Crippen LogP contribution in [-0.4, -0.2) is 12.5 Å². The summed E-state index contributed by atoms with van der Waals surface area (Å²) in [5.41, 5.74) is 9.25. The second-order valence-electron chi connectivity index (χ2n) is 4.77. The van der Waals surface area contributed by atoms with Gasteiger partial charge in [0, 0.05) is 5.92 Å². The molecular weight excluding hydrogens is 228 g/mol. The van der Waals surface area contributed by atoms with Crippen molar-refractivity contribution in [1.82, 2.24) is 5.48 Å². The van der Waals surface area contributed by atoms with Crippen molar-refractivity contribution in [3.05, 3.63) is 35.9 Å². The van der Waals surface area contributed by atoms with Gasteiger partial charge in [-0.1, -0.05) is 36.8 Å². The molecule has 4 nitrogen and oxygen atoms in total. The number of rotatable bonds is 5. The highest BCUT2D eigenvalue weighted by Gasteiger charge is 2.31. The molecule has 0 spiro atoms. The average molecular weight is 248 g/mol. The van der Waals surface area contributed by atoms with Gasteiger partial charge in [-0.15, -0.1) is 0 Å². The Bertz CT molecular complexity index is 381. The molecule has 0 saturated heterocycles. The summed E-state index contributed by atoms with van der Waals surface area (Å²) in [6, 6.07) is 9.77. The summed E-state index contributed by atoms with van der Waals surface area (Å²) in [4.78, 5) is 17.2. The third kappa shape index (κ3) is 3.31. The van der Waals surface area contributed by atoms with Gasteiger partial charge in [-0.2, -0.15) is 0 Å². The SMILES string of the molecule is NCC1CCCC1C(=O)NOCc1ccccc1. The Balaban J connectivity index is 1.75. The molecule has 0 radical (unpaired) electrons. The lowest BCUT2D eigenvalue weighted by atomic mass is 9.96. The largest absolute Gasteiger partial charge is 0.330 e. The zero-order valence-corrected chi connectivity index (χ0v) is 10.5. The van der Waals surface area contributed by atoms with E-state index in [-0.39, 0.29) is 11.8 Å². The Morgan fingerprint density at radius 2 is 2.11 bits per heavy atom. The number of hydrogen-bond donors (Lipinski definition) is 2. The monoisotopic (exact) mass is 248 g/mol. The number of hydroxylamine groups is 1. The van der Waals surface area contributed by atoms with E-state index < -0.39 is 0 Å². The Morgan fingerprint density at radius 1 is 1.33 bits per heavy atom. The van der Waals surface area contributed by atoms with Gasteiger partial charge in [0.1, 0.15) is 0 Å². The minimum atomic E-state index is -0.0288. The quantitative estimate of drug-likeness (QED) is 0.778. The number of benzene rings is 1. The molecule has 0 aliphatic heterocycles. The highest BCUT2D eigenvalue weighted by molar-refractivity contribution is 5.78. The van der Waals surface area contributed by atoms with Crippen LogP contribution in [0.3, 0.4) is 0 Å². The molecule has 2 atom stereocenters. The van der Waals surface area contributed by atoms with Gasteiger partial charge >= 0.3 is 0 Å². The van der Waals surface area contributed by atoms with Crippen molar-refractivity contribution in [3.63, 3.8) is 0 Å². The van der Waals surface area contributed by atoms with Gasteiger partial charge in [0.15, 0.2) is 0 Å². The first-order chi connectivity index (χ1) is 8.81. The van der Waals surface area contributed by atoms with Crippen molar-refractivity contribution < 1.29 is 9.63 Å². The predicted octanol–water partition coefficient (Wildman–Crippen LogP) is 1.61. The highest BCUT2D eigenvalue weighted by Crippen LogP contribution is 2.30. The Morgan fingerprint density at radius 3 is 2.83 bits per heavy atom. The van der Waals surface area contributed by atoms with Crippen LogP contribution in [0.5, 0.6) is 0 Å². The van der Waals surface area contributed by atoms with E-state index in [4.69, 9.17) is 10.6 Å². The number of nitrogens with two attached hydrogens (primary N) is 1. The van der Waals surface area contributed by atoms with Crippen molar-refractivity contribution in [2.24, 2.45) is 17.6 Å². The van der Waals surface area contributed by atoms with Gasteiger partial charge in [-0.3, -0.25) is 9.63 Å². The number of carbonyl (C=O) groups excluding carboxylic acids is 1. The topological polar surface area (TPSA) is 64.4 Å². The smallest absolute Gasteiger partial charge is 0.246 e. The van der Waals surface area contributed by atoms with Crippen LogP contribution >= 0.6 is 0 Å². The molecule has 1 amide bonds. The van der Waals surface area contributed by atoms with Crippen LogP contribution in [0.15, 0.2) is 30.3 Å². The van der Waals surface area contributed by atoms with Crippen LogP contribution in [0.1, 0.15) is 24.8 Å². The molecule has 18 heavy (non-hydrogen) atoms. The molecule has 4 heteroatoms. The molecule has 98 valence electrons. The number of carbonyl (C=O) groups is 1. The normalized spacial score (nSPS) is 22.9. The van der Waals surface area contributed by atoms with Gasteiger partial charge in [-0.05, 0) is 30.9 Å². The van der Waals surface area contributed by atoms with Crippen LogP contribution in [0.25, 0.3) is 0 Å². The molecule has 0 heterocycles. The first-order valence-electron chi connectivity index (χ1n) is 6.47. The van der Waals surface area contributed by atoms with Crippen LogP contribution in [0, 0.1) is 11.8 Å². The molecule has 0 bridgehead atoms. The fourth-order valence-electron chi connectivity index (χ4n) is 2.50. The first kappa shape index (κ1) is 13.1. The molecule has 1 saturated carbocycles. The standard InChI is InChI=1S/C14H20N2O2/c15-9-12-7-4-8-13(12)14(17)16-18-10-11-5-2-1-3-6-11/h1-3,5-6,12-13H,4,7-10,15H2,(H,16,17). The van der Waals surface area contributed by atoms with Crippen molar-refractivity contribution in [2.75, 3.05) is 6.54 Å². The molecule has 1 aliphatic carbocycles. The van der Waals surface area contributed by atoms with Crippen molar-refractivity contribution in [2.45, 2.75) is 25.9 Å². The maximum absolute atomic E-state index is 11.9. The molecule has 1 aromatic carbocycles. The van der Waals surface area contributed by atoms with Crippen molar-refractivity contribution in [1.29, 1.82) is 0 Å². The van der Waals surface area contributed by atoms with Crippen LogP contribution in [0.4, 0.5) is 0 Å². The minimum Gasteiger partial charge on any atom is -0.330 e. The summed E-state index contributed by atoms with van der Waals surface area (Å²) < 4.78 is 0. The third-order valence-corrected chi connectivity index (χ3v) is 3.55. The van der Waals surface area contributed by atoms with Crippen molar-refractivity contribution in [3.8, 4) is 0 Å². The third-order valence-electron chi connectivity index (χ3n) is 3.55. The Labute approximate surface area is 107 Å². The summed E-state index contributed by atoms with van der Waals surface area (Å²) in [5, 5.41) is 0. The lowest BCUT2D eigenvalue weighted by Crippen LogP contribution is -2.35. The summed E-state index contributed by atoms with van der Waals surface area (Å²) in [6.07, 6.45) is 3.05. The highest BCUT2D eigenvalue weighted by atomic mass is 16.6. The summed E-state index contributed by atoms with van der Waals surface area (Å²) >= 11 is 0. The van der Waals surface area contributed by atoms with E-state index >= 15 is 0 Å². The van der Waals surface area contributed by atoms with Crippen LogP contribution in [0.2, 0.25) is 0 Å². The minimum absolute atomic E-state index is 0.0192. The Kier molecular flexibility index (Phi) is 4.73. The first-order valence-corrected chi connectivity index (χ1v) is 6.47. The number of nitrogens with one attached hydrogen (secondary N) is 1. The van der Waals surface area contributed by atoms with Gasteiger partial charge in [0.05, 0.1) is 6.61 Å². The van der Waals surface area contributed by atoms with E-state index in [1.165, 1.54) is 0 Å². The zero-order valence-electron chi connectivity index (χ0n) is 10.5. The molecule has 2 rings (SSSR count). The van der Waals surface area contributed by atoms with Gasteiger partial charge in [0.2, 0.25) is 5.91 Å². The lowest BCUT2D eigenvalue weighted by Gasteiger charge is -2.16. The predicted molar refractivity (Wildman–Crippen MR) is 69.3 cm³/mol. The molecular formula is C14H20N2O2. The van der Waals surface area contributed by atoms with Gasteiger partial charge in [-0.25, -0.2) is 5.48 Å². The average Bonchev–Trinajstić information content (AvgIpc) is 2.88. The van der Waals surface area contributed by atoms with Crippen molar-refractivity contribution >= 4 is 5.91 Å². The second-order valence-corrected chi connectivity index (χ2v) is 4.77. The fourth-order valence-corrected chi connectivity index (χ4v) is 2.50. The zero-order chi connectivity index (χ0) is 12.8. The Hall–Kier alpha value is -1.39. The summed E-state index contributed by atoms with van der Waals surface area (Å²) in [6.45, 7) is 0.976. The van der Waals surface area contributed by atoms with Crippen LogP contribution in [-0.2, 0) is 16.2 Å². The number of hydrogen-bond acceptors (Lipinski definition) is 3. The van der Waals surface area contributed by atoms with Crippen LogP contribution < -0.4 is 11.2 Å². The second kappa shape index (κ2) is 6.52. The van der Waals surface area contributed by atoms with E-state index in [0.717, 1.165) is 24.8 Å². The molecule has 1 fully saturated rings. The lowest BCUT2D eigenvalue weighted by molar-refractivity contribution is -0.139. The maximum atomic E-state index is 11.9. The van der Waals surface area contributed by atoms with E-state index in [1.54, 1.807) is 0 Å². The number of amides is 1. The van der Waals surface area contributed by atoms with E-state index in [0.29, 0.717) is 19.1 Å². The summed E-state index contributed by atoms with van der Waals surface area (Å²) in [7, 11) is 0. The molecule has 1 aromatic rings. The van der Waals surface area contributed by atoms with Gasteiger partial charge < -0.3 is 5.73 Å². The molecule has 3 N–H and O–H groups in total. The van der Waals surface area contributed by atoms with Gasteiger partial charge in [0.25, 0.3) is 0 Å². The molecule has 1 aliphatic rings.